The molecule has 10 aromatic rings. The van der Waals surface area contributed by atoms with Crippen molar-refractivity contribution in [1.29, 1.82) is 5.26 Å². The van der Waals surface area contributed by atoms with Crippen LogP contribution in [0.1, 0.15) is 5.56 Å². The average Bonchev–Trinajstić information content (AvgIpc) is 3.74. The van der Waals surface area contributed by atoms with E-state index in [4.69, 9.17) is 9.97 Å². The van der Waals surface area contributed by atoms with E-state index in [1.807, 2.05) is 36.4 Å². The van der Waals surface area contributed by atoms with Gasteiger partial charge in [0.2, 0.25) is 0 Å². The smallest absolute Gasteiger partial charge is 0.160 e. The highest BCUT2D eigenvalue weighted by Gasteiger charge is 2.23. The summed E-state index contributed by atoms with van der Waals surface area (Å²) in [6.07, 6.45) is 0. The van der Waals surface area contributed by atoms with Gasteiger partial charge >= 0.3 is 0 Å². The Hall–Kier alpha value is -7.29. The Morgan fingerprint density at radius 1 is 0.385 bits per heavy atom. The maximum atomic E-state index is 11.2. The molecule has 0 saturated heterocycles. The molecule has 0 aliphatic carbocycles. The number of nitrogens with zero attached hydrogens (tertiary/aromatic N) is 5. The van der Waals surface area contributed by atoms with Gasteiger partial charge in [0, 0.05) is 38.2 Å². The Kier molecular flexibility index (Phi) is 6.80. The van der Waals surface area contributed by atoms with Crippen LogP contribution in [0.25, 0.3) is 88.9 Å². The van der Waals surface area contributed by atoms with Crippen molar-refractivity contribution < 1.29 is 0 Å². The normalized spacial score (nSPS) is 11.4. The first-order valence-corrected chi connectivity index (χ1v) is 17.3. The summed E-state index contributed by atoms with van der Waals surface area (Å²) in [7, 11) is 0. The minimum atomic E-state index is 0.559. The molecule has 0 spiro atoms. The van der Waals surface area contributed by atoms with Crippen LogP contribution in [0.4, 0.5) is 0 Å². The van der Waals surface area contributed by atoms with Gasteiger partial charge < -0.3 is 9.13 Å². The first-order valence-electron chi connectivity index (χ1n) is 17.3. The summed E-state index contributed by atoms with van der Waals surface area (Å²) >= 11 is 0. The van der Waals surface area contributed by atoms with Gasteiger partial charge in [-0.2, -0.15) is 5.26 Å². The second kappa shape index (κ2) is 11.9. The molecular formula is C47H29N5. The lowest BCUT2D eigenvalue weighted by Crippen LogP contribution is -2.06. The van der Waals surface area contributed by atoms with Crippen LogP contribution in [0.15, 0.2) is 176 Å². The fraction of sp³-hybridized carbons (Fsp3) is 0. The van der Waals surface area contributed by atoms with Gasteiger partial charge in [-0.1, -0.05) is 133 Å². The van der Waals surface area contributed by atoms with Crippen LogP contribution < -0.4 is 0 Å². The zero-order valence-electron chi connectivity index (χ0n) is 28.0. The van der Waals surface area contributed by atoms with Crippen LogP contribution in [0.2, 0.25) is 0 Å². The molecule has 0 fully saturated rings. The highest BCUT2D eigenvalue weighted by molar-refractivity contribution is 6.11. The molecule has 0 radical (unpaired) electrons. The first-order chi connectivity index (χ1) is 25.8. The molecule has 0 unspecified atom stereocenters. The zero-order valence-corrected chi connectivity index (χ0v) is 28.0. The van der Waals surface area contributed by atoms with Crippen LogP contribution in [0.3, 0.4) is 0 Å². The van der Waals surface area contributed by atoms with Gasteiger partial charge in [-0.3, -0.25) is 0 Å². The maximum Gasteiger partial charge on any atom is 0.160 e. The Bertz CT molecular complexity index is 2720. The fourth-order valence-corrected chi connectivity index (χ4v) is 7.66. The van der Waals surface area contributed by atoms with E-state index in [1.54, 1.807) is 0 Å². The van der Waals surface area contributed by atoms with Gasteiger partial charge in [0.1, 0.15) is 11.6 Å². The number of fused-ring (bicyclic) bond motifs is 6. The number of hydrogen-bond donors (Lipinski definition) is 0. The van der Waals surface area contributed by atoms with E-state index in [-0.39, 0.29) is 0 Å². The van der Waals surface area contributed by atoms with Crippen molar-refractivity contribution in [2.45, 2.75) is 0 Å². The molecule has 0 aliphatic heterocycles. The van der Waals surface area contributed by atoms with E-state index in [1.165, 1.54) is 0 Å². The topological polar surface area (TPSA) is 59.4 Å². The van der Waals surface area contributed by atoms with Crippen LogP contribution in [-0.4, -0.2) is 19.1 Å². The Morgan fingerprint density at radius 2 is 0.731 bits per heavy atom. The number of rotatable bonds is 5. The lowest BCUT2D eigenvalue weighted by molar-refractivity contribution is 1.11. The molecule has 0 bridgehead atoms. The van der Waals surface area contributed by atoms with Gasteiger partial charge in [-0.05, 0) is 42.5 Å². The summed E-state index contributed by atoms with van der Waals surface area (Å²) in [6.45, 7) is 0. The zero-order chi connectivity index (χ0) is 34.6. The summed E-state index contributed by atoms with van der Waals surface area (Å²) < 4.78 is 4.45. The predicted octanol–water partition coefficient (Wildman–Crippen LogP) is 11.5. The maximum absolute atomic E-state index is 11.2. The third kappa shape index (κ3) is 4.63. The predicted molar refractivity (Wildman–Crippen MR) is 212 cm³/mol. The summed E-state index contributed by atoms with van der Waals surface area (Å²) in [5.41, 5.74) is 10.6. The Morgan fingerprint density at radius 3 is 1.10 bits per heavy atom. The molecule has 242 valence electrons. The molecule has 52 heavy (non-hydrogen) atoms. The number of nitriles is 1. The van der Waals surface area contributed by atoms with E-state index in [9.17, 15) is 5.26 Å². The minimum Gasteiger partial charge on any atom is -0.308 e. The monoisotopic (exact) mass is 663 g/mol. The Labute approximate surface area is 299 Å². The molecule has 0 atom stereocenters. The van der Waals surface area contributed by atoms with Crippen molar-refractivity contribution in [3.63, 3.8) is 0 Å². The van der Waals surface area contributed by atoms with Crippen molar-refractivity contribution in [2.24, 2.45) is 0 Å². The number of para-hydroxylation sites is 4. The molecular weight excluding hydrogens is 635 g/mol. The Balaban J connectivity index is 1.36. The van der Waals surface area contributed by atoms with Crippen molar-refractivity contribution >= 4 is 43.6 Å². The fourth-order valence-electron chi connectivity index (χ4n) is 7.66. The second-order valence-corrected chi connectivity index (χ2v) is 12.9. The molecule has 3 heterocycles. The molecule has 0 amide bonds. The van der Waals surface area contributed by atoms with Gasteiger partial charge in [0.25, 0.3) is 0 Å². The summed E-state index contributed by atoms with van der Waals surface area (Å²) in [4.78, 5) is 10.5. The van der Waals surface area contributed by atoms with Crippen LogP contribution in [0, 0.1) is 11.3 Å². The lowest BCUT2D eigenvalue weighted by atomic mass is 10.0. The number of hydrogen-bond acceptors (Lipinski definition) is 3. The largest absolute Gasteiger partial charge is 0.308 e. The van der Waals surface area contributed by atoms with Gasteiger partial charge in [0.15, 0.2) is 5.82 Å². The van der Waals surface area contributed by atoms with E-state index >= 15 is 0 Å². The third-order valence-corrected chi connectivity index (χ3v) is 9.97. The van der Waals surface area contributed by atoms with E-state index in [0.717, 1.165) is 83.1 Å². The van der Waals surface area contributed by atoms with Crippen molar-refractivity contribution in [3.8, 4) is 51.3 Å². The average molecular weight is 664 g/mol. The van der Waals surface area contributed by atoms with Gasteiger partial charge in [0.05, 0.1) is 44.8 Å². The van der Waals surface area contributed by atoms with Crippen LogP contribution in [0.5, 0.6) is 0 Å². The van der Waals surface area contributed by atoms with E-state index < -0.39 is 0 Å². The van der Waals surface area contributed by atoms with Crippen LogP contribution in [-0.2, 0) is 0 Å². The summed E-state index contributed by atoms with van der Waals surface area (Å²) in [5.74, 6) is 0.578. The first kappa shape index (κ1) is 29.6. The highest BCUT2D eigenvalue weighted by Crippen LogP contribution is 2.40. The molecule has 5 nitrogen and oxygen atoms in total. The number of aromatic nitrogens is 4. The highest BCUT2D eigenvalue weighted by atomic mass is 15.0. The third-order valence-electron chi connectivity index (χ3n) is 9.97. The van der Waals surface area contributed by atoms with E-state index in [2.05, 4.69) is 155 Å². The summed E-state index contributed by atoms with van der Waals surface area (Å²) in [5, 5.41) is 15.7. The summed E-state index contributed by atoms with van der Waals surface area (Å²) in [6, 6.07) is 63.0. The molecule has 0 saturated carbocycles. The molecule has 0 aliphatic rings. The van der Waals surface area contributed by atoms with Gasteiger partial charge in [-0.25, -0.2) is 9.97 Å². The second-order valence-electron chi connectivity index (χ2n) is 12.9. The van der Waals surface area contributed by atoms with Crippen LogP contribution >= 0.6 is 0 Å². The van der Waals surface area contributed by atoms with Gasteiger partial charge in [-0.15, -0.1) is 0 Å². The lowest BCUT2D eigenvalue weighted by Gasteiger charge is -2.18. The molecule has 10 rings (SSSR count). The quantitative estimate of drug-likeness (QED) is 0.184. The number of benzene rings is 7. The molecule has 3 aromatic heterocycles. The van der Waals surface area contributed by atoms with Crippen molar-refractivity contribution in [3.05, 3.63) is 181 Å². The minimum absolute atomic E-state index is 0.559. The molecule has 0 N–H and O–H groups in total. The van der Waals surface area contributed by atoms with E-state index in [0.29, 0.717) is 11.4 Å². The van der Waals surface area contributed by atoms with Crippen molar-refractivity contribution in [1.82, 2.24) is 19.1 Å². The standard InChI is InChI=1S/C47H29N5/c48-30-38-45(51-41-23-11-7-19-34(41)35-20-8-12-24-42(35)51)27-33(28-46(38)52-43-25-13-9-21-36(43)37-22-10-14-26-44(37)52)47-49-39(31-15-3-1-4-16-31)29-40(50-47)32-17-5-2-6-18-32/h1-29H. The SMILES string of the molecule is N#Cc1c(-n2c3ccccc3c3ccccc32)cc(-c2nc(-c3ccccc3)cc(-c3ccccc3)n2)cc1-n1c2ccccc2c2ccccc21. The molecule has 7 aromatic carbocycles. The molecule has 5 heteroatoms. The van der Waals surface area contributed by atoms with Crippen molar-refractivity contribution in [2.75, 3.05) is 0 Å².